The van der Waals surface area contributed by atoms with Gasteiger partial charge in [0.25, 0.3) is 11.7 Å². The highest BCUT2D eigenvalue weighted by molar-refractivity contribution is 7.09. The Balaban J connectivity index is 1.64. The molecule has 0 fully saturated rings. The molecule has 0 aliphatic rings. The Hall–Kier alpha value is -3.21. The Morgan fingerprint density at radius 1 is 1.25 bits per heavy atom. The third-order valence-corrected chi connectivity index (χ3v) is 4.75. The Morgan fingerprint density at radius 3 is 2.79 bits per heavy atom. The van der Waals surface area contributed by atoms with E-state index in [2.05, 4.69) is 20.4 Å². The summed E-state index contributed by atoms with van der Waals surface area (Å²) >= 11 is 1.55. The molecule has 144 valence electrons. The van der Waals surface area contributed by atoms with Gasteiger partial charge in [0.2, 0.25) is 5.82 Å². The van der Waals surface area contributed by atoms with Gasteiger partial charge in [0.05, 0.1) is 6.26 Å². The van der Waals surface area contributed by atoms with Crippen LogP contribution in [-0.4, -0.2) is 32.0 Å². The number of hydrogen-bond donors (Lipinski definition) is 1. The Morgan fingerprint density at radius 2 is 2.11 bits per heavy atom. The molecule has 4 aromatic heterocycles. The van der Waals surface area contributed by atoms with Crippen LogP contribution in [0.1, 0.15) is 21.2 Å². The average Bonchev–Trinajstić information content (AvgIpc) is 3.39. The smallest absolute Gasteiger partial charge is 0.433 e. The van der Waals surface area contributed by atoms with Crippen LogP contribution in [-0.2, 0) is 12.6 Å². The first-order valence-electron chi connectivity index (χ1n) is 8.11. The fourth-order valence-corrected chi connectivity index (χ4v) is 3.26. The highest BCUT2D eigenvalue weighted by Crippen LogP contribution is 2.31. The lowest BCUT2D eigenvalue weighted by Crippen LogP contribution is -2.26. The second-order valence-corrected chi connectivity index (χ2v) is 6.77. The maximum absolute atomic E-state index is 13.5. The normalized spacial score (nSPS) is 11.8. The fourth-order valence-electron chi connectivity index (χ4n) is 2.55. The second kappa shape index (κ2) is 7.08. The summed E-state index contributed by atoms with van der Waals surface area (Å²) in [6.45, 7) is 0.312. The van der Waals surface area contributed by atoms with Crippen molar-refractivity contribution >= 4 is 23.0 Å². The van der Waals surface area contributed by atoms with Crippen LogP contribution >= 0.6 is 11.3 Å². The van der Waals surface area contributed by atoms with Gasteiger partial charge in [-0.25, -0.2) is 4.98 Å². The quantitative estimate of drug-likeness (QED) is 0.548. The minimum absolute atomic E-state index is 0.0538. The van der Waals surface area contributed by atoms with Gasteiger partial charge in [-0.1, -0.05) is 6.07 Å². The van der Waals surface area contributed by atoms with E-state index in [0.29, 0.717) is 17.5 Å². The lowest BCUT2D eigenvalue weighted by atomic mass is 10.2. The van der Waals surface area contributed by atoms with Gasteiger partial charge < -0.3 is 9.73 Å². The first-order valence-corrected chi connectivity index (χ1v) is 8.99. The summed E-state index contributed by atoms with van der Waals surface area (Å²) in [5, 5.41) is 8.22. The monoisotopic (exact) mass is 407 g/mol. The largest absolute Gasteiger partial charge is 0.463 e. The summed E-state index contributed by atoms with van der Waals surface area (Å²) in [6, 6.07) is 7.64. The van der Waals surface area contributed by atoms with Crippen LogP contribution in [0.5, 0.6) is 0 Å². The van der Waals surface area contributed by atoms with Crippen molar-refractivity contribution in [2.45, 2.75) is 12.6 Å². The van der Waals surface area contributed by atoms with Gasteiger partial charge in [-0.15, -0.1) is 16.4 Å². The van der Waals surface area contributed by atoms with Gasteiger partial charge in [-0.05, 0) is 36.1 Å². The lowest BCUT2D eigenvalue weighted by Gasteiger charge is -2.09. The summed E-state index contributed by atoms with van der Waals surface area (Å²) in [5.41, 5.74) is -1.16. The fraction of sp³-hybridized carbons (Fsp3) is 0.176. The maximum Gasteiger partial charge on any atom is 0.433 e. The van der Waals surface area contributed by atoms with E-state index in [1.807, 2.05) is 17.5 Å². The van der Waals surface area contributed by atoms with Gasteiger partial charge in [0.1, 0.15) is 5.69 Å². The van der Waals surface area contributed by atoms with Crippen LogP contribution < -0.4 is 5.32 Å². The molecule has 11 heteroatoms. The van der Waals surface area contributed by atoms with Crippen molar-refractivity contribution in [2.75, 3.05) is 6.54 Å². The van der Waals surface area contributed by atoms with Crippen molar-refractivity contribution in [3.63, 3.8) is 0 Å². The standard InChI is InChI=1S/C17H12F3N5O2S/c18-17(19,20)13-9-11(12-4-1-7-27-12)22-16-23-14(24-25(13)16)15(26)21-6-5-10-3-2-8-28-10/h1-4,7-9H,5-6H2,(H,21,26). The van der Waals surface area contributed by atoms with Crippen LogP contribution in [0.15, 0.2) is 46.4 Å². The number of aromatic nitrogens is 4. The maximum atomic E-state index is 13.5. The molecule has 1 amide bonds. The van der Waals surface area contributed by atoms with E-state index >= 15 is 0 Å². The number of hydrogen-bond acceptors (Lipinski definition) is 6. The molecule has 0 bridgehead atoms. The Bertz CT molecular complexity index is 1100. The van der Waals surface area contributed by atoms with Crippen molar-refractivity contribution in [1.29, 1.82) is 0 Å². The molecule has 4 aromatic rings. The minimum atomic E-state index is -4.72. The van der Waals surface area contributed by atoms with E-state index in [1.165, 1.54) is 18.4 Å². The highest BCUT2D eigenvalue weighted by Gasteiger charge is 2.36. The van der Waals surface area contributed by atoms with E-state index in [-0.39, 0.29) is 23.1 Å². The molecule has 0 unspecified atom stereocenters. The van der Waals surface area contributed by atoms with Crippen molar-refractivity contribution < 1.29 is 22.4 Å². The minimum Gasteiger partial charge on any atom is -0.463 e. The number of carbonyl (C=O) groups excluding carboxylic acids is 1. The third-order valence-electron chi connectivity index (χ3n) is 3.82. The van der Waals surface area contributed by atoms with Gasteiger partial charge >= 0.3 is 6.18 Å². The number of nitrogens with one attached hydrogen (secondary N) is 1. The Labute approximate surface area is 159 Å². The van der Waals surface area contributed by atoms with Crippen molar-refractivity contribution in [2.24, 2.45) is 0 Å². The topological polar surface area (TPSA) is 85.3 Å². The zero-order valence-corrected chi connectivity index (χ0v) is 14.9. The zero-order chi connectivity index (χ0) is 19.7. The van der Waals surface area contributed by atoms with Crippen LogP contribution in [0, 0.1) is 0 Å². The van der Waals surface area contributed by atoms with E-state index in [9.17, 15) is 18.0 Å². The molecule has 0 atom stereocenters. The number of fused-ring (bicyclic) bond motifs is 1. The van der Waals surface area contributed by atoms with Crippen LogP contribution in [0.25, 0.3) is 17.2 Å². The van der Waals surface area contributed by atoms with Crippen molar-refractivity contribution in [1.82, 2.24) is 24.9 Å². The molecule has 0 saturated heterocycles. The number of thiophene rings is 1. The molecule has 4 heterocycles. The molecule has 0 radical (unpaired) electrons. The first-order chi connectivity index (χ1) is 13.4. The zero-order valence-electron chi connectivity index (χ0n) is 14.1. The van der Waals surface area contributed by atoms with E-state index in [0.717, 1.165) is 10.9 Å². The third kappa shape index (κ3) is 3.60. The van der Waals surface area contributed by atoms with Gasteiger partial charge in [0.15, 0.2) is 11.5 Å². The van der Waals surface area contributed by atoms with Crippen molar-refractivity contribution in [3.8, 4) is 11.5 Å². The van der Waals surface area contributed by atoms with Gasteiger partial charge in [-0.2, -0.15) is 22.7 Å². The molecule has 28 heavy (non-hydrogen) atoms. The molecule has 0 spiro atoms. The number of carbonyl (C=O) groups is 1. The summed E-state index contributed by atoms with van der Waals surface area (Å²) in [6.07, 6.45) is -2.79. The molecule has 4 rings (SSSR count). The SMILES string of the molecule is O=C(NCCc1cccs1)c1nc2nc(-c3ccco3)cc(C(F)(F)F)n2n1. The highest BCUT2D eigenvalue weighted by atomic mass is 32.1. The lowest BCUT2D eigenvalue weighted by molar-refractivity contribution is -0.142. The van der Waals surface area contributed by atoms with Crippen LogP contribution in [0.4, 0.5) is 13.2 Å². The predicted octanol–water partition coefficient (Wildman–Crippen LogP) is 3.44. The Kier molecular flexibility index (Phi) is 4.59. The molecule has 0 aliphatic carbocycles. The number of halogens is 3. The predicted molar refractivity (Wildman–Crippen MR) is 93.8 cm³/mol. The van der Waals surface area contributed by atoms with E-state index in [4.69, 9.17) is 4.42 Å². The number of nitrogens with zero attached hydrogens (tertiary/aromatic N) is 4. The average molecular weight is 407 g/mol. The summed E-state index contributed by atoms with van der Waals surface area (Å²) < 4.78 is 46.0. The summed E-state index contributed by atoms with van der Waals surface area (Å²) in [7, 11) is 0. The van der Waals surface area contributed by atoms with Crippen LogP contribution in [0.2, 0.25) is 0 Å². The van der Waals surface area contributed by atoms with Gasteiger partial charge in [-0.3, -0.25) is 4.79 Å². The number of alkyl halides is 3. The first kappa shape index (κ1) is 18.2. The van der Waals surface area contributed by atoms with Crippen molar-refractivity contribution in [3.05, 3.63) is 58.4 Å². The second-order valence-electron chi connectivity index (χ2n) is 5.73. The molecular formula is C17H12F3N5O2S. The molecule has 0 aromatic carbocycles. The number of amides is 1. The number of rotatable bonds is 5. The summed E-state index contributed by atoms with van der Waals surface area (Å²) in [4.78, 5) is 21.2. The van der Waals surface area contributed by atoms with Gasteiger partial charge in [0, 0.05) is 11.4 Å². The molecule has 0 saturated carbocycles. The summed E-state index contributed by atoms with van der Waals surface area (Å²) in [5.74, 6) is -1.25. The van der Waals surface area contributed by atoms with E-state index < -0.39 is 17.8 Å². The number of furan rings is 1. The molecule has 1 N–H and O–H groups in total. The molecule has 0 aliphatic heterocycles. The van der Waals surface area contributed by atoms with E-state index in [1.54, 1.807) is 11.3 Å². The molecule has 7 nitrogen and oxygen atoms in total. The van der Waals surface area contributed by atoms with Crippen LogP contribution in [0.3, 0.4) is 0 Å². The molecular weight excluding hydrogens is 395 g/mol.